The molecule has 23 heavy (non-hydrogen) atoms. The number of nitrogens with one attached hydrogen (secondary N) is 1. The van der Waals surface area contributed by atoms with Gasteiger partial charge in [-0.3, -0.25) is 9.59 Å². The fraction of sp³-hybridized carbons (Fsp3) is 0.294. The second-order valence-electron chi connectivity index (χ2n) is 5.16. The van der Waals surface area contributed by atoms with E-state index in [0.29, 0.717) is 12.3 Å². The summed E-state index contributed by atoms with van der Waals surface area (Å²) in [5, 5.41) is 11.3. The largest absolute Gasteiger partial charge is 0.491 e. The van der Waals surface area contributed by atoms with Crippen LogP contribution in [0.1, 0.15) is 21.5 Å². The molecule has 0 fully saturated rings. The van der Waals surface area contributed by atoms with E-state index in [1.807, 2.05) is 25.1 Å². The zero-order valence-electron chi connectivity index (χ0n) is 13.2. The zero-order valence-corrected chi connectivity index (χ0v) is 13.2. The maximum Gasteiger partial charge on any atom is 0.263 e. The molecule has 1 amide bonds. The summed E-state index contributed by atoms with van der Waals surface area (Å²) in [4.78, 5) is 24.2. The van der Waals surface area contributed by atoms with Crippen molar-refractivity contribution < 1.29 is 14.6 Å². The van der Waals surface area contributed by atoms with Crippen LogP contribution in [0.25, 0.3) is 0 Å². The molecule has 6 heteroatoms. The summed E-state index contributed by atoms with van der Waals surface area (Å²) in [6, 6.07) is 8.87. The van der Waals surface area contributed by atoms with Gasteiger partial charge in [-0.05, 0) is 36.2 Å². The predicted molar refractivity (Wildman–Crippen MR) is 87.0 cm³/mol. The molecular formula is C17H20N2O4. The van der Waals surface area contributed by atoms with Crippen LogP contribution in [-0.2, 0) is 6.54 Å². The van der Waals surface area contributed by atoms with Crippen molar-refractivity contribution in [1.29, 1.82) is 0 Å². The Hall–Kier alpha value is -2.60. The Balaban J connectivity index is 2.31. The number of benzene rings is 1. The quantitative estimate of drug-likeness (QED) is 0.831. The Kier molecular flexibility index (Phi) is 5.54. The van der Waals surface area contributed by atoms with E-state index in [0.717, 1.165) is 11.1 Å². The van der Waals surface area contributed by atoms with Crippen LogP contribution in [0.3, 0.4) is 0 Å². The van der Waals surface area contributed by atoms with E-state index in [1.54, 1.807) is 18.3 Å². The molecular weight excluding hydrogens is 296 g/mol. The van der Waals surface area contributed by atoms with Gasteiger partial charge in [0.15, 0.2) is 0 Å². The molecule has 0 saturated heterocycles. The molecule has 2 aromatic rings. The van der Waals surface area contributed by atoms with Crippen molar-refractivity contribution in [3.8, 4) is 5.75 Å². The molecule has 0 aliphatic rings. The van der Waals surface area contributed by atoms with Crippen LogP contribution in [0.2, 0.25) is 0 Å². The van der Waals surface area contributed by atoms with Crippen molar-refractivity contribution in [3.05, 3.63) is 63.6 Å². The normalized spacial score (nSPS) is 10.4. The molecule has 0 atom stereocenters. The molecule has 0 aliphatic carbocycles. The van der Waals surface area contributed by atoms with Crippen molar-refractivity contribution >= 4 is 5.91 Å². The lowest BCUT2D eigenvalue weighted by molar-refractivity contribution is 0.0961. The van der Waals surface area contributed by atoms with Crippen LogP contribution in [0.5, 0.6) is 5.75 Å². The summed E-state index contributed by atoms with van der Waals surface area (Å²) in [5.41, 5.74) is 1.49. The van der Waals surface area contributed by atoms with E-state index in [4.69, 9.17) is 9.84 Å². The third-order valence-electron chi connectivity index (χ3n) is 3.31. The number of hydrogen-bond donors (Lipinski definition) is 2. The van der Waals surface area contributed by atoms with Gasteiger partial charge >= 0.3 is 0 Å². The molecule has 2 N–H and O–H groups in total. The number of aliphatic hydroxyl groups is 1. The van der Waals surface area contributed by atoms with Crippen LogP contribution in [-0.4, -0.2) is 35.8 Å². The molecule has 2 rings (SSSR count). The molecule has 0 bridgehead atoms. The average Bonchev–Trinajstić information content (AvgIpc) is 2.55. The first-order valence-corrected chi connectivity index (χ1v) is 7.31. The molecule has 1 aromatic carbocycles. The molecule has 0 radical (unpaired) electrons. The summed E-state index contributed by atoms with van der Waals surface area (Å²) in [6.07, 6.45) is 1.72. The highest BCUT2D eigenvalue weighted by Gasteiger charge is 2.12. The third-order valence-corrected chi connectivity index (χ3v) is 3.31. The maximum absolute atomic E-state index is 12.4. The van der Waals surface area contributed by atoms with Gasteiger partial charge in [0.2, 0.25) is 0 Å². The fourth-order valence-electron chi connectivity index (χ4n) is 2.29. The second-order valence-corrected chi connectivity index (χ2v) is 5.16. The number of amides is 1. The number of rotatable bonds is 6. The molecule has 1 aromatic heterocycles. The number of hydrogen-bond acceptors (Lipinski definition) is 4. The zero-order chi connectivity index (χ0) is 16.8. The summed E-state index contributed by atoms with van der Waals surface area (Å²) in [6.45, 7) is 2.33. The van der Waals surface area contributed by atoms with Crippen LogP contribution >= 0.6 is 0 Å². The Morgan fingerprint density at radius 3 is 2.83 bits per heavy atom. The first-order valence-electron chi connectivity index (χ1n) is 7.31. The lowest BCUT2D eigenvalue weighted by Crippen LogP contribution is -2.31. The lowest BCUT2D eigenvalue weighted by atomic mass is 10.1. The summed E-state index contributed by atoms with van der Waals surface area (Å²) >= 11 is 0. The Labute approximate surface area is 134 Å². The Morgan fingerprint density at radius 1 is 1.35 bits per heavy atom. The van der Waals surface area contributed by atoms with E-state index in [9.17, 15) is 9.59 Å². The van der Waals surface area contributed by atoms with Crippen LogP contribution in [0.4, 0.5) is 0 Å². The number of aromatic nitrogens is 1. The number of carbonyl (C=O) groups is 1. The van der Waals surface area contributed by atoms with Crippen molar-refractivity contribution in [1.82, 2.24) is 9.88 Å². The van der Waals surface area contributed by atoms with Crippen LogP contribution < -0.4 is 15.6 Å². The molecule has 122 valence electrons. The van der Waals surface area contributed by atoms with Crippen LogP contribution in [0.15, 0.2) is 41.3 Å². The van der Waals surface area contributed by atoms with Gasteiger partial charge < -0.3 is 19.7 Å². The lowest BCUT2D eigenvalue weighted by Gasteiger charge is -2.11. The molecule has 0 aliphatic heterocycles. The number of aryl methyl sites for hydroxylation is 1. The number of aliphatic hydroxyl groups excluding tert-OH is 1. The van der Waals surface area contributed by atoms with Crippen molar-refractivity contribution in [2.75, 3.05) is 20.3 Å². The van der Waals surface area contributed by atoms with Gasteiger partial charge in [-0.15, -0.1) is 0 Å². The van der Waals surface area contributed by atoms with Crippen molar-refractivity contribution in [2.45, 2.75) is 13.5 Å². The SMILES string of the molecule is CNC(=O)c1cc(C)cn(Cc2cccc(OCCO)c2)c1=O. The topological polar surface area (TPSA) is 80.6 Å². The first kappa shape index (κ1) is 16.8. The summed E-state index contributed by atoms with van der Waals surface area (Å²) in [7, 11) is 1.50. The standard InChI is InChI=1S/C17H20N2O4/c1-12-8-15(16(21)18-2)17(22)19(10-12)11-13-4-3-5-14(9-13)23-7-6-20/h3-5,8-10,20H,6-7,11H2,1-2H3,(H,18,21). The average molecular weight is 316 g/mol. The predicted octanol–water partition coefficient (Wildman–Crippen LogP) is 0.936. The van der Waals surface area contributed by atoms with E-state index in [-0.39, 0.29) is 24.3 Å². The van der Waals surface area contributed by atoms with Gasteiger partial charge in [-0.2, -0.15) is 0 Å². The molecule has 1 heterocycles. The van der Waals surface area contributed by atoms with Gasteiger partial charge in [0, 0.05) is 13.2 Å². The Bertz CT molecular complexity index is 752. The summed E-state index contributed by atoms with van der Waals surface area (Å²) in [5.74, 6) is 0.233. The highest BCUT2D eigenvalue weighted by atomic mass is 16.5. The number of carbonyl (C=O) groups excluding carboxylic acids is 1. The molecule has 0 saturated carbocycles. The van der Waals surface area contributed by atoms with Gasteiger partial charge in [0.1, 0.15) is 17.9 Å². The molecule has 0 unspecified atom stereocenters. The summed E-state index contributed by atoms with van der Waals surface area (Å²) < 4.78 is 6.87. The number of ether oxygens (including phenoxy) is 1. The second kappa shape index (κ2) is 7.60. The van der Waals surface area contributed by atoms with Gasteiger partial charge in [0.05, 0.1) is 13.2 Å². The smallest absolute Gasteiger partial charge is 0.263 e. The van der Waals surface area contributed by atoms with Gasteiger partial charge in [-0.1, -0.05) is 12.1 Å². The minimum atomic E-state index is -0.396. The minimum absolute atomic E-state index is 0.0585. The van der Waals surface area contributed by atoms with E-state index in [2.05, 4.69) is 5.32 Å². The van der Waals surface area contributed by atoms with E-state index in [1.165, 1.54) is 11.6 Å². The Morgan fingerprint density at radius 2 is 2.13 bits per heavy atom. The maximum atomic E-state index is 12.4. The van der Waals surface area contributed by atoms with Crippen molar-refractivity contribution in [2.24, 2.45) is 0 Å². The van der Waals surface area contributed by atoms with Gasteiger partial charge in [0.25, 0.3) is 11.5 Å². The van der Waals surface area contributed by atoms with E-state index < -0.39 is 5.91 Å². The number of pyridine rings is 1. The van der Waals surface area contributed by atoms with E-state index >= 15 is 0 Å². The molecule has 6 nitrogen and oxygen atoms in total. The third kappa shape index (κ3) is 4.20. The molecule has 0 spiro atoms. The highest BCUT2D eigenvalue weighted by molar-refractivity contribution is 5.93. The number of nitrogens with zero attached hydrogens (tertiary/aromatic N) is 1. The fourth-order valence-corrected chi connectivity index (χ4v) is 2.29. The first-order chi connectivity index (χ1) is 11.0. The van der Waals surface area contributed by atoms with Crippen LogP contribution in [0, 0.1) is 6.92 Å². The van der Waals surface area contributed by atoms with Crippen molar-refractivity contribution in [3.63, 3.8) is 0 Å². The van der Waals surface area contributed by atoms with Gasteiger partial charge in [-0.25, -0.2) is 0 Å². The highest BCUT2D eigenvalue weighted by Crippen LogP contribution is 2.14. The minimum Gasteiger partial charge on any atom is -0.491 e. The monoisotopic (exact) mass is 316 g/mol.